The van der Waals surface area contributed by atoms with Crippen molar-refractivity contribution in [1.29, 1.82) is 0 Å². The van der Waals surface area contributed by atoms with E-state index >= 15 is 0 Å². The van der Waals surface area contributed by atoms with Gasteiger partial charge in [-0.15, -0.1) is 0 Å². The molecular weight excluding hydrogens is 206 g/mol. The summed E-state index contributed by atoms with van der Waals surface area (Å²) < 4.78 is 0. The molecule has 0 bridgehead atoms. The number of imidazole rings is 1. The second kappa shape index (κ2) is 5.19. The van der Waals surface area contributed by atoms with E-state index in [1.54, 1.807) is 0 Å². The maximum absolute atomic E-state index is 5.43. The minimum atomic E-state index is 0.771. The van der Waals surface area contributed by atoms with Crippen LogP contribution in [0.2, 0.25) is 0 Å². The highest BCUT2D eigenvalue weighted by atomic mass is 32.2. The molecule has 15 heavy (non-hydrogen) atoms. The number of nitrogens with one attached hydrogen (secondary N) is 1. The summed E-state index contributed by atoms with van der Waals surface area (Å²) in [4.78, 5) is 7.81. The van der Waals surface area contributed by atoms with Gasteiger partial charge in [0, 0.05) is 0 Å². The summed E-state index contributed by atoms with van der Waals surface area (Å²) in [6, 6.07) is 8.11. The average Bonchev–Trinajstić information content (AvgIpc) is 2.67. The molecule has 0 fully saturated rings. The number of aromatic nitrogens is 2. The van der Waals surface area contributed by atoms with Crippen LogP contribution in [-0.2, 0) is 5.75 Å². The number of H-pyrrole nitrogens is 1. The zero-order chi connectivity index (χ0) is 10.5. The Morgan fingerprint density at radius 1 is 1.33 bits per heavy atom. The number of para-hydroxylation sites is 2. The zero-order valence-electron chi connectivity index (χ0n) is 8.57. The monoisotopic (exact) mass is 221 g/mol. The SMILES string of the molecule is NCCCSCc1nc2ccccc2[nH]1. The Morgan fingerprint density at radius 2 is 2.20 bits per heavy atom. The second-order valence-electron chi connectivity index (χ2n) is 3.40. The van der Waals surface area contributed by atoms with E-state index in [0.717, 1.165) is 41.3 Å². The Hall–Kier alpha value is -1.00. The summed E-state index contributed by atoms with van der Waals surface area (Å²) in [7, 11) is 0. The maximum atomic E-state index is 5.43. The fraction of sp³-hybridized carbons (Fsp3) is 0.364. The predicted octanol–water partition coefficient (Wildman–Crippen LogP) is 2.14. The highest BCUT2D eigenvalue weighted by Crippen LogP contribution is 2.15. The van der Waals surface area contributed by atoms with E-state index in [9.17, 15) is 0 Å². The molecule has 0 radical (unpaired) electrons. The minimum Gasteiger partial charge on any atom is -0.341 e. The van der Waals surface area contributed by atoms with E-state index < -0.39 is 0 Å². The van der Waals surface area contributed by atoms with E-state index in [1.807, 2.05) is 30.0 Å². The summed E-state index contributed by atoms with van der Waals surface area (Å²) in [6.07, 6.45) is 1.07. The first-order chi connectivity index (χ1) is 7.40. The van der Waals surface area contributed by atoms with E-state index in [1.165, 1.54) is 0 Å². The lowest BCUT2D eigenvalue weighted by atomic mass is 10.3. The van der Waals surface area contributed by atoms with Crippen LogP contribution < -0.4 is 5.73 Å². The normalized spacial score (nSPS) is 11.0. The van der Waals surface area contributed by atoms with Crippen LogP contribution in [0, 0.1) is 0 Å². The highest BCUT2D eigenvalue weighted by Gasteiger charge is 2.00. The number of thioether (sulfide) groups is 1. The van der Waals surface area contributed by atoms with Gasteiger partial charge in [-0.1, -0.05) is 12.1 Å². The zero-order valence-corrected chi connectivity index (χ0v) is 9.39. The number of aromatic amines is 1. The van der Waals surface area contributed by atoms with Gasteiger partial charge in [-0.2, -0.15) is 11.8 Å². The van der Waals surface area contributed by atoms with Crippen molar-refractivity contribution < 1.29 is 0 Å². The summed E-state index contributed by atoms with van der Waals surface area (Å²) in [5.74, 6) is 3.10. The molecule has 3 N–H and O–H groups in total. The fourth-order valence-corrected chi connectivity index (χ4v) is 2.27. The summed E-state index contributed by atoms with van der Waals surface area (Å²) >= 11 is 1.87. The molecule has 0 amide bonds. The van der Waals surface area contributed by atoms with Gasteiger partial charge in [0.25, 0.3) is 0 Å². The van der Waals surface area contributed by atoms with Crippen molar-refractivity contribution in [3.05, 3.63) is 30.1 Å². The summed E-state index contributed by atoms with van der Waals surface area (Å²) in [6.45, 7) is 0.771. The molecule has 1 heterocycles. The van der Waals surface area contributed by atoms with Crippen molar-refractivity contribution in [2.45, 2.75) is 12.2 Å². The molecule has 1 aromatic carbocycles. The first kappa shape index (κ1) is 10.5. The Morgan fingerprint density at radius 3 is 3.00 bits per heavy atom. The Kier molecular flexibility index (Phi) is 3.64. The van der Waals surface area contributed by atoms with Gasteiger partial charge in [-0.3, -0.25) is 0 Å². The van der Waals surface area contributed by atoms with E-state index in [4.69, 9.17) is 5.73 Å². The van der Waals surface area contributed by atoms with Crippen LogP contribution >= 0.6 is 11.8 Å². The molecule has 3 nitrogen and oxygen atoms in total. The first-order valence-corrected chi connectivity index (χ1v) is 6.27. The number of hydrogen-bond donors (Lipinski definition) is 2. The summed E-state index contributed by atoms with van der Waals surface area (Å²) in [5, 5.41) is 0. The maximum Gasteiger partial charge on any atom is 0.117 e. The van der Waals surface area contributed by atoms with Gasteiger partial charge < -0.3 is 10.7 Å². The topological polar surface area (TPSA) is 54.7 Å². The third-order valence-electron chi connectivity index (χ3n) is 2.17. The van der Waals surface area contributed by atoms with Crippen molar-refractivity contribution in [3.63, 3.8) is 0 Å². The van der Waals surface area contributed by atoms with Crippen molar-refractivity contribution >= 4 is 22.8 Å². The lowest BCUT2D eigenvalue weighted by molar-refractivity contribution is 0.941. The van der Waals surface area contributed by atoms with Gasteiger partial charge in [-0.05, 0) is 30.9 Å². The quantitative estimate of drug-likeness (QED) is 0.761. The largest absolute Gasteiger partial charge is 0.341 e. The number of rotatable bonds is 5. The van der Waals surface area contributed by atoms with Crippen molar-refractivity contribution in [3.8, 4) is 0 Å². The molecule has 4 heteroatoms. The molecule has 0 unspecified atom stereocenters. The van der Waals surface area contributed by atoms with Crippen LogP contribution in [0.25, 0.3) is 11.0 Å². The molecule has 0 aliphatic heterocycles. The fourth-order valence-electron chi connectivity index (χ4n) is 1.43. The predicted molar refractivity (Wildman–Crippen MR) is 65.9 cm³/mol. The average molecular weight is 221 g/mol. The van der Waals surface area contributed by atoms with Gasteiger partial charge in [0.05, 0.1) is 16.8 Å². The van der Waals surface area contributed by atoms with Crippen LogP contribution in [-0.4, -0.2) is 22.3 Å². The molecule has 2 rings (SSSR count). The Balaban J connectivity index is 1.97. The number of fused-ring (bicyclic) bond motifs is 1. The molecule has 0 spiro atoms. The highest BCUT2D eigenvalue weighted by molar-refractivity contribution is 7.98. The number of nitrogens with two attached hydrogens (primary N) is 1. The second-order valence-corrected chi connectivity index (χ2v) is 4.50. The lowest BCUT2D eigenvalue weighted by Gasteiger charge is -1.96. The van der Waals surface area contributed by atoms with Crippen LogP contribution in [0.1, 0.15) is 12.2 Å². The van der Waals surface area contributed by atoms with Crippen LogP contribution in [0.4, 0.5) is 0 Å². The van der Waals surface area contributed by atoms with Gasteiger partial charge >= 0.3 is 0 Å². The molecule has 0 saturated carbocycles. The molecular formula is C11H15N3S. The molecule has 1 aromatic heterocycles. The third-order valence-corrected chi connectivity index (χ3v) is 3.22. The number of nitrogens with zero attached hydrogens (tertiary/aromatic N) is 1. The molecule has 0 aliphatic carbocycles. The van der Waals surface area contributed by atoms with E-state index in [-0.39, 0.29) is 0 Å². The summed E-state index contributed by atoms with van der Waals surface area (Å²) in [5.41, 5.74) is 7.60. The van der Waals surface area contributed by atoms with Crippen LogP contribution in [0.3, 0.4) is 0 Å². The van der Waals surface area contributed by atoms with Crippen LogP contribution in [0.15, 0.2) is 24.3 Å². The van der Waals surface area contributed by atoms with Gasteiger partial charge in [0.15, 0.2) is 0 Å². The minimum absolute atomic E-state index is 0.771. The molecule has 0 saturated heterocycles. The standard InChI is InChI=1S/C11H15N3S/c12-6-3-7-15-8-11-13-9-4-1-2-5-10(9)14-11/h1-2,4-5H,3,6-8,12H2,(H,13,14). The number of benzene rings is 1. The van der Waals surface area contributed by atoms with Crippen molar-refractivity contribution in [1.82, 2.24) is 9.97 Å². The van der Waals surface area contributed by atoms with E-state index in [0.29, 0.717) is 0 Å². The third kappa shape index (κ3) is 2.73. The first-order valence-electron chi connectivity index (χ1n) is 5.11. The molecule has 0 atom stereocenters. The number of hydrogen-bond acceptors (Lipinski definition) is 3. The van der Waals surface area contributed by atoms with Gasteiger partial charge in [0.2, 0.25) is 0 Å². The Labute approximate surface area is 93.5 Å². The molecule has 2 aromatic rings. The van der Waals surface area contributed by atoms with Crippen molar-refractivity contribution in [2.24, 2.45) is 5.73 Å². The van der Waals surface area contributed by atoms with Gasteiger partial charge in [0.1, 0.15) is 5.82 Å². The molecule has 80 valence electrons. The smallest absolute Gasteiger partial charge is 0.117 e. The Bertz CT molecular complexity index is 391. The van der Waals surface area contributed by atoms with Crippen LogP contribution in [0.5, 0.6) is 0 Å². The lowest BCUT2D eigenvalue weighted by Crippen LogP contribution is -1.99. The van der Waals surface area contributed by atoms with Crippen molar-refractivity contribution in [2.75, 3.05) is 12.3 Å². The van der Waals surface area contributed by atoms with Gasteiger partial charge in [-0.25, -0.2) is 4.98 Å². The molecule has 0 aliphatic rings. The van der Waals surface area contributed by atoms with E-state index in [2.05, 4.69) is 16.0 Å².